The van der Waals surface area contributed by atoms with Crippen LogP contribution in [0.5, 0.6) is 11.5 Å². The number of likely N-dealkylation sites (N-methyl/N-ethyl adjacent to an activating group) is 1. The molecule has 2 aromatic rings. The van der Waals surface area contributed by atoms with E-state index in [9.17, 15) is 22.8 Å². The molecule has 2 fully saturated rings. The van der Waals surface area contributed by atoms with E-state index >= 15 is 0 Å². The van der Waals surface area contributed by atoms with Crippen LogP contribution in [-0.4, -0.2) is 40.1 Å². The molecule has 0 radical (unpaired) electrons. The van der Waals surface area contributed by atoms with Crippen molar-refractivity contribution < 1.29 is 32.2 Å². The summed E-state index contributed by atoms with van der Waals surface area (Å²) < 4.78 is 51.9. The number of nitrogens with one attached hydrogen (secondary N) is 1. The van der Waals surface area contributed by atoms with Crippen molar-refractivity contribution in [1.29, 1.82) is 0 Å². The Balaban J connectivity index is 1.52. The lowest BCUT2D eigenvalue weighted by atomic mass is 10.0. The number of thioether (sulfide) groups is 1. The standard InChI is InChI=1S/C22H17F3N2O4S2/c1-27-14(11-30-21(27)29)8-12-2-5-15(6-3-12)31-17-7-4-13(9-16(17)22(23,24)25)10-18-19(28)26-20(32)33-18/h2-9,18H,10-11H2,1H3,(H,26,28,32)/b14-8-. The zero-order chi connectivity index (χ0) is 23.8. The van der Waals surface area contributed by atoms with Crippen molar-refractivity contribution in [3.63, 3.8) is 0 Å². The third-order valence-electron chi connectivity index (χ3n) is 5.03. The summed E-state index contributed by atoms with van der Waals surface area (Å²) >= 11 is 6.06. The van der Waals surface area contributed by atoms with Gasteiger partial charge in [0.2, 0.25) is 5.91 Å². The van der Waals surface area contributed by atoms with E-state index in [1.54, 1.807) is 37.4 Å². The normalized spacial score (nSPS) is 19.8. The van der Waals surface area contributed by atoms with Crippen LogP contribution in [0.1, 0.15) is 16.7 Å². The Labute approximate surface area is 196 Å². The van der Waals surface area contributed by atoms with Crippen molar-refractivity contribution in [2.45, 2.75) is 17.8 Å². The van der Waals surface area contributed by atoms with Gasteiger partial charge < -0.3 is 14.8 Å². The smallest absolute Gasteiger partial charge is 0.419 e. The predicted molar refractivity (Wildman–Crippen MR) is 121 cm³/mol. The molecule has 2 aliphatic heterocycles. The van der Waals surface area contributed by atoms with E-state index in [1.807, 2.05) is 0 Å². The summed E-state index contributed by atoms with van der Waals surface area (Å²) in [6.07, 6.45) is -3.23. The summed E-state index contributed by atoms with van der Waals surface area (Å²) in [6.45, 7) is 0.154. The number of thiocarbonyl (C=S) groups is 1. The molecule has 2 saturated heterocycles. The molecule has 6 nitrogen and oxygen atoms in total. The minimum Gasteiger partial charge on any atom is -0.457 e. The first-order valence-electron chi connectivity index (χ1n) is 9.71. The van der Waals surface area contributed by atoms with E-state index < -0.39 is 23.1 Å². The molecular weight excluding hydrogens is 477 g/mol. The fourth-order valence-electron chi connectivity index (χ4n) is 3.29. The van der Waals surface area contributed by atoms with Crippen LogP contribution >= 0.6 is 24.0 Å². The van der Waals surface area contributed by atoms with E-state index in [0.717, 1.165) is 23.4 Å². The Morgan fingerprint density at radius 1 is 1.24 bits per heavy atom. The molecule has 1 N–H and O–H groups in total. The van der Waals surface area contributed by atoms with Gasteiger partial charge in [-0.25, -0.2) is 4.79 Å². The first kappa shape index (κ1) is 23.1. The largest absolute Gasteiger partial charge is 0.457 e. The van der Waals surface area contributed by atoms with Crippen LogP contribution in [-0.2, 0) is 22.1 Å². The highest BCUT2D eigenvalue weighted by molar-refractivity contribution is 8.24. The summed E-state index contributed by atoms with van der Waals surface area (Å²) in [7, 11) is 1.59. The van der Waals surface area contributed by atoms with Crippen molar-refractivity contribution in [2.24, 2.45) is 0 Å². The van der Waals surface area contributed by atoms with Gasteiger partial charge in [-0.05, 0) is 47.9 Å². The van der Waals surface area contributed by atoms with Gasteiger partial charge in [-0.3, -0.25) is 9.69 Å². The van der Waals surface area contributed by atoms with Gasteiger partial charge in [0.1, 0.15) is 22.4 Å². The van der Waals surface area contributed by atoms with Gasteiger partial charge >= 0.3 is 12.3 Å². The molecule has 1 atom stereocenters. The summed E-state index contributed by atoms with van der Waals surface area (Å²) in [5.74, 6) is -0.432. The highest BCUT2D eigenvalue weighted by Gasteiger charge is 2.36. The number of carbonyl (C=O) groups excluding carboxylic acids is 2. The molecule has 0 saturated carbocycles. The minimum absolute atomic E-state index is 0.115. The van der Waals surface area contributed by atoms with Gasteiger partial charge in [0.05, 0.1) is 16.5 Å². The van der Waals surface area contributed by atoms with Crippen molar-refractivity contribution in [3.05, 3.63) is 64.9 Å². The van der Waals surface area contributed by atoms with Gasteiger partial charge in [0.25, 0.3) is 0 Å². The molecule has 0 aliphatic carbocycles. The zero-order valence-electron chi connectivity index (χ0n) is 17.1. The molecule has 2 amide bonds. The number of nitrogens with zero attached hydrogens (tertiary/aromatic N) is 1. The molecule has 2 aromatic carbocycles. The number of alkyl halides is 3. The lowest BCUT2D eigenvalue weighted by molar-refractivity contribution is -0.138. The molecular formula is C22H17F3N2O4S2. The van der Waals surface area contributed by atoms with Crippen LogP contribution in [0.2, 0.25) is 0 Å². The Kier molecular flexibility index (Phi) is 6.35. The highest BCUT2D eigenvalue weighted by Crippen LogP contribution is 2.39. The van der Waals surface area contributed by atoms with Gasteiger partial charge in [-0.1, -0.05) is 42.2 Å². The number of benzene rings is 2. The third kappa shape index (κ3) is 5.31. The number of carbonyl (C=O) groups is 2. The number of cyclic esters (lactones) is 1. The maximum absolute atomic E-state index is 13.7. The van der Waals surface area contributed by atoms with E-state index in [1.165, 1.54) is 17.0 Å². The molecule has 1 unspecified atom stereocenters. The second kappa shape index (κ2) is 9.06. The molecule has 4 rings (SSSR count). The maximum Gasteiger partial charge on any atom is 0.419 e. The Bertz CT molecular complexity index is 1150. The summed E-state index contributed by atoms with van der Waals surface area (Å²) in [5, 5.41) is 1.92. The molecule has 2 aliphatic rings. The number of ether oxygens (including phenoxy) is 2. The number of halogens is 3. The molecule has 0 spiro atoms. The highest BCUT2D eigenvalue weighted by atomic mass is 32.2. The van der Waals surface area contributed by atoms with Gasteiger partial charge in [-0.2, -0.15) is 13.2 Å². The van der Waals surface area contributed by atoms with Crippen molar-refractivity contribution in [2.75, 3.05) is 13.7 Å². The average Bonchev–Trinajstić information content (AvgIpc) is 3.24. The fraction of sp³-hybridized carbons (Fsp3) is 0.227. The summed E-state index contributed by atoms with van der Waals surface area (Å²) in [6, 6.07) is 10.2. The van der Waals surface area contributed by atoms with E-state index in [-0.39, 0.29) is 30.4 Å². The van der Waals surface area contributed by atoms with Crippen LogP contribution in [0.4, 0.5) is 18.0 Å². The van der Waals surface area contributed by atoms with E-state index in [0.29, 0.717) is 15.6 Å². The third-order valence-corrected chi connectivity index (χ3v) is 6.40. The van der Waals surface area contributed by atoms with Gasteiger partial charge in [0.15, 0.2) is 0 Å². The first-order chi connectivity index (χ1) is 15.6. The first-order valence-corrected chi connectivity index (χ1v) is 11.0. The lowest BCUT2D eigenvalue weighted by Gasteiger charge is -2.16. The second-order valence-corrected chi connectivity index (χ2v) is 9.22. The van der Waals surface area contributed by atoms with Crippen molar-refractivity contribution >= 4 is 46.4 Å². The van der Waals surface area contributed by atoms with Crippen molar-refractivity contribution in [3.8, 4) is 11.5 Å². The average molecular weight is 495 g/mol. The van der Waals surface area contributed by atoms with Crippen molar-refractivity contribution in [1.82, 2.24) is 10.2 Å². The maximum atomic E-state index is 13.7. The molecule has 0 bridgehead atoms. The number of hydrogen-bond acceptors (Lipinski definition) is 6. The van der Waals surface area contributed by atoms with Crippen LogP contribution in [0.15, 0.2) is 48.2 Å². The SMILES string of the molecule is CN1C(=O)OC/C1=C/c1ccc(Oc2ccc(CC3SC(=S)NC3=O)cc2C(F)(F)F)cc1. The Morgan fingerprint density at radius 3 is 2.55 bits per heavy atom. The monoisotopic (exact) mass is 494 g/mol. The fourth-order valence-corrected chi connectivity index (χ4v) is 4.60. The minimum atomic E-state index is -4.64. The molecule has 0 aromatic heterocycles. The van der Waals surface area contributed by atoms with Crippen LogP contribution in [0.25, 0.3) is 6.08 Å². The molecule has 33 heavy (non-hydrogen) atoms. The van der Waals surface area contributed by atoms with Crippen LogP contribution in [0.3, 0.4) is 0 Å². The molecule has 172 valence electrons. The lowest BCUT2D eigenvalue weighted by Crippen LogP contribution is -2.25. The number of rotatable bonds is 5. The predicted octanol–water partition coefficient (Wildman–Crippen LogP) is 4.98. The van der Waals surface area contributed by atoms with Gasteiger partial charge in [-0.15, -0.1) is 0 Å². The molecule has 11 heteroatoms. The van der Waals surface area contributed by atoms with E-state index in [4.69, 9.17) is 21.7 Å². The second-order valence-electron chi connectivity index (χ2n) is 7.34. The Morgan fingerprint density at radius 2 is 1.97 bits per heavy atom. The summed E-state index contributed by atoms with van der Waals surface area (Å²) in [5.41, 5.74) is 0.824. The molecule has 2 heterocycles. The quantitative estimate of drug-likeness (QED) is 0.592. The van der Waals surface area contributed by atoms with E-state index in [2.05, 4.69) is 5.32 Å². The number of amides is 2. The Hall–Kier alpha value is -3.05. The zero-order valence-corrected chi connectivity index (χ0v) is 18.8. The number of hydrogen-bond donors (Lipinski definition) is 1. The van der Waals surface area contributed by atoms with Crippen LogP contribution in [0, 0.1) is 0 Å². The van der Waals surface area contributed by atoms with Crippen LogP contribution < -0.4 is 10.1 Å². The topological polar surface area (TPSA) is 67.9 Å². The summed E-state index contributed by atoms with van der Waals surface area (Å²) in [4.78, 5) is 24.7. The van der Waals surface area contributed by atoms with Gasteiger partial charge in [0, 0.05) is 7.05 Å².